The number of ether oxygens (including phenoxy) is 1. The van der Waals surface area contributed by atoms with Crippen molar-refractivity contribution >= 4 is 33.2 Å². The number of rotatable bonds is 6. The summed E-state index contributed by atoms with van der Waals surface area (Å²) in [7, 11) is -2.00. The fourth-order valence-electron chi connectivity index (χ4n) is 3.40. The number of sulfonamides is 1. The Bertz CT molecular complexity index is 1010. The molecule has 2 aromatic carbocycles. The Labute approximate surface area is 182 Å². The molecule has 0 radical (unpaired) electrons. The van der Waals surface area contributed by atoms with Crippen molar-refractivity contribution in [2.45, 2.75) is 24.8 Å². The Hall–Kier alpha value is -2.29. The highest BCUT2D eigenvalue weighted by molar-refractivity contribution is 7.89. The van der Waals surface area contributed by atoms with Gasteiger partial charge in [-0.25, -0.2) is 8.42 Å². The van der Waals surface area contributed by atoms with Crippen LogP contribution in [0.4, 0.5) is 5.69 Å². The molecular formula is C21H26ClN3O4S. The Balaban J connectivity index is 1.63. The van der Waals surface area contributed by atoms with E-state index >= 15 is 0 Å². The largest absolute Gasteiger partial charge is 0.495 e. The summed E-state index contributed by atoms with van der Waals surface area (Å²) in [6, 6.07) is 11.4. The molecule has 0 unspecified atom stereocenters. The van der Waals surface area contributed by atoms with Crippen LogP contribution in [0, 0.1) is 6.92 Å². The molecule has 1 N–H and O–H groups in total. The van der Waals surface area contributed by atoms with Crippen LogP contribution in [0.3, 0.4) is 0 Å². The van der Waals surface area contributed by atoms with Crippen LogP contribution in [0.25, 0.3) is 0 Å². The number of carbonyl (C=O) groups is 1. The summed E-state index contributed by atoms with van der Waals surface area (Å²) < 4.78 is 32.3. The minimum atomic E-state index is -3.55. The molecule has 1 heterocycles. The fraction of sp³-hybridized carbons (Fsp3) is 0.381. The van der Waals surface area contributed by atoms with Crippen molar-refractivity contribution < 1.29 is 17.9 Å². The van der Waals surface area contributed by atoms with Gasteiger partial charge in [-0.1, -0.05) is 29.8 Å². The van der Waals surface area contributed by atoms with Crippen molar-refractivity contribution in [1.82, 2.24) is 9.21 Å². The lowest BCUT2D eigenvalue weighted by atomic mass is 10.1. The van der Waals surface area contributed by atoms with Crippen LogP contribution in [0.2, 0.25) is 5.02 Å². The second-order valence-corrected chi connectivity index (χ2v) is 9.56. The SMILES string of the molecule is COc1cc(Cl)c(C)cc1N[C@@H](C)C(=O)N1CCN(S(=O)(=O)c2ccccc2)CC1. The number of nitrogens with one attached hydrogen (secondary N) is 1. The second kappa shape index (κ2) is 9.24. The van der Waals surface area contributed by atoms with Gasteiger partial charge in [0.15, 0.2) is 0 Å². The summed E-state index contributed by atoms with van der Waals surface area (Å²) in [6.07, 6.45) is 0. The Kier molecular flexibility index (Phi) is 6.90. The molecule has 1 saturated heterocycles. The molecule has 0 aliphatic carbocycles. The molecule has 1 aliphatic heterocycles. The van der Waals surface area contributed by atoms with E-state index in [-0.39, 0.29) is 23.9 Å². The molecule has 1 amide bonds. The molecular weight excluding hydrogens is 426 g/mol. The summed E-state index contributed by atoms with van der Waals surface area (Å²) in [5.74, 6) is 0.463. The summed E-state index contributed by atoms with van der Waals surface area (Å²) in [5.41, 5.74) is 1.56. The van der Waals surface area contributed by atoms with E-state index in [0.29, 0.717) is 29.5 Å². The maximum Gasteiger partial charge on any atom is 0.244 e. The molecule has 9 heteroatoms. The van der Waals surface area contributed by atoms with Gasteiger partial charge in [-0.3, -0.25) is 4.79 Å². The highest BCUT2D eigenvalue weighted by Gasteiger charge is 2.31. The number of anilines is 1. The number of benzene rings is 2. The number of nitrogens with zero attached hydrogens (tertiary/aromatic N) is 2. The molecule has 1 fully saturated rings. The van der Waals surface area contributed by atoms with Gasteiger partial charge in [0.25, 0.3) is 0 Å². The Morgan fingerprint density at radius 2 is 1.77 bits per heavy atom. The summed E-state index contributed by atoms with van der Waals surface area (Å²) in [6.45, 7) is 4.87. The molecule has 0 saturated carbocycles. The lowest BCUT2D eigenvalue weighted by molar-refractivity contribution is -0.132. The van der Waals surface area contributed by atoms with Crippen LogP contribution < -0.4 is 10.1 Å². The first-order valence-electron chi connectivity index (χ1n) is 9.68. The van der Waals surface area contributed by atoms with E-state index in [1.807, 2.05) is 13.0 Å². The van der Waals surface area contributed by atoms with Gasteiger partial charge in [-0.2, -0.15) is 4.31 Å². The maximum absolute atomic E-state index is 12.9. The average molecular weight is 452 g/mol. The van der Waals surface area contributed by atoms with E-state index in [1.54, 1.807) is 55.3 Å². The van der Waals surface area contributed by atoms with Crippen molar-refractivity contribution in [3.8, 4) is 5.75 Å². The van der Waals surface area contributed by atoms with E-state index in [0.717, 1.165) is 5.56 Å². The molecule has 30 heavy (non-hydrogen) atoms. The third kappa shape index (κ3) is 4.71. The Morgan fingerprint density at radius 3 is 2.37 bits per heavy atom. The molecule has 7 nitrogen and oxygen atoms in total. The lowest BCUT2D eigenvalue weighted by Gasteiger charge is -2.35. The molecule has 2 aromatic rings. The van der Waals surface area contributed by atoms with E-state index in [9.17, 15) is 13.2 Å². The quantitative estimate of drug-likeness (QED) is 0.730. The van der Waals surface area contributed by atoms with E-state index < -0.39 is 16.1 Å². The minimum absolute atomic E-state index is 0.0959. The number of halogens is 1. The smallest absolute Gasteiger partial charge is 0.244 e. The zero-order valence-corrected chi connectivity index (χ0v) is 18.8. The topological polar surface area (TPSA) is 79.0 Å². The van der Waals surface area contributed by atoms with E-state index in [2.05, 4.69) is 5.32 Å². The van der Waals surface area contributed by atoms with Gasteiger partial charge in [0, 0.05) is 37.3 Å². The van der Waals surface area contributed by atoms with Gasteiger partial charge >= 0.3 is 0 Å². The second-order valence-electron chi connectivity index (χ2n) is 7.21. The summed E-state index contributed by atoms with van der Waals surface area (Å²) in [5, 5.41) is 3.78. The predicted molar refractivity (Wildman–Crippen MR) is 118 cm³/mol. The Morgan fingerprint density at radius 1 is 1.13 bits per heavy atom. The lowest BCUT2D eigenvalue weighted by Crippen LogP contribution is -2.53. The van der Waals surface area contributed by atoms with Crippen molar-refractivity contribution in [1.29, 1.82) is 0 Å². The van der Waals surface area contributed by atoms with Crippen LogP contribution in [0.15, 0.2) is 47.4 Å². The average Bonchev–Trinajstić information content (AvgIpc) is 2.76. The van der Waals surface area contributed by atoms with Gasteiger partial charge < -0.3 is 15.0 Å². The molecule has 1 atom stereocenters. The predicted octanol–water partition coefficient (Wildman–Crippen LogP) is 2.99. The number of methoxy groups -OCH3 is 1. The first kappa shape index (κ1) is 22.4. The zero-order valence-electron chi connectivity index (χ0n) is 17.3. The van der Waals surface area contributed by atoms with Gasteiger partial charge in [0.2, 0.25) is 15.9 Å². The molecule has 0 spiro atoms. The monoisotopic (exact) mass is 451 g/mol. The highest BCUT2D eigenvalue weighted by Crippen LogP contribution is 2.31. The van der Waals surface area contributed by atoms with Crippen LogP contribution >= 0.6 is 11.6 Å². The number of aryl methyl sites for hydroxylation is 1. The number of hydrogen-bond donors (Lipinski definition) is 1. The first-order valence-corrected chi connectivity index (χ1v) is 11.5. The highest BCUT2D eigenvalue weighted by atomic mass is 35.5. The first-order chi connectivity index (χ1) is 14.2. The third-order valence-corrected chi connectivity index (χ3v) is 7.47. The number of amides is 1. The molecule has 0 bridgehead atoms. The zero-order chi connectivity index (χ0) is 21.9. The molecule has 1 aliphatic rings. The van der Waals surface area contributed by atoms with Gasteiger partial charge in [0.05, 0.1) is 17.7 Å². The van der Waals surface area contributed by atoms with Crippen LogP contribution in [0.5, 0.6) is 5.75 Å². The molecule has 162 valence electrons. The van der Waals surface area contributed by atoms with Crippen molar-refractivity contribution in [2.24, 2.45) is 0 Å². The standard InChI is InChI=1S/C21H26ClN3O4S/c1-15-13-19(20(29-3)14-18(15)22)23-16(2)21(26)24-9-11-25(12-10-24)30(27,28)17-7-5-4-6-8-17/h4-8,13-14,16,23H,9-12H2,1-3H3/t16-/m0/s1. The van der Waals surface area contributed by atoms with Crippen molar-refractivity contribution in [3.05, 3.63) is 53.1 Å². The van der Waals surface area contributed by atoms with Gasteiger partial charge in [-0.15, -0.1) is 0 Å². The number of hydrogen-bond acceptors (Lipinski definition) is 5. The van der Waals surface area contributed by atoms with E-state index in [4.69, 9.17) is 16.3 Å². The third-order valence-electron chi connectivity index (χ3n) is 5.15. The summed E-state index contributed by atoms with van der Waals surface area (Å²) in [4.78, 5) is 14.9. The van der Waals surface area contributed by atoms with Crippen LogP contribution in [-0.4, -0.2) is 62.9 Å². The normalized spacial score (nSPS) is 16.2. The molecule has 3 rings (SSSR count). The molecule has 0 aromatic heterocycles. The minimum Gasteiger partial charge on any atom is -0.495 e. The maximum atomic E-state index is 12.9. The van der Waals surface area contributed by atoms with Crippen LogP contribution in [0.1, 0.15) is 12.5 Å². The van der Waals surface area contributed by atoms with Gasteiger partial charge in [0.1, 0.15) is 11.8 Å². The van der Waals surface area contributed by atoms with Crippen LogP contribution in [-0.2, 0) is 14.8 Å². The van der Waals surface area contributed by atoms with Crippen molar-refractivity contribution in [3.63, 3.8) is 0 Å². The number of piperazine rings is 1. The summed E-state index contributed by atoms with van der Waals surface area (Å²) >= 11 is 6.14. The van der Waals surface area contributed by atoms with Gasteiger partial charge in [-0.05, 0) is 37.6 Å². The van der Waals surface area contributed by atoms with E-state index in [1.165, 1.54) is 4.31 Å². The van der Waals surface area contributed by atoms with Crippen molar-refractivity contribution in [2.75, 3.05) is 38.6 Å². The number of carbonyl (C=O) groups excluding carboxylic acids is 1. The fourth-order valence-corrected chi connectivity index (χ4v) is 5.00.